The smallest absolute Gasteiger partial charge is 0.228 e. The Morgan fingerprint density at radius 1 is 1.28 bits per heavy atom. The van der Waals surface area contributed by atoms with Crippen LogP contribution in [0.2, 0.25) is 0 Å². The van der Waals surface area contributed by atoms with Crippen molar-refractivity contribution in [2.24, 2.45) is 4.99 Å². The van der Waals surface area contributed by atoms with Gasteiger partial charge >= 0.3 is 0 Å². The standard InChI is InChI=1S/C19H24BrN3O2/c1-5-23(3)13-21-18-12-17(20)19(22-14(18)2)25-11-10-15-6-8-16(24-4)9-7-15/h6-9,12-13H,5,10-11H2,1-4H3. The molecule has 25 heavy (non-hydrogen) atoms. The maximum Gasteiger partial charge on any atom is 0.228 e. The molecule has 0 bridgehead atoms. The van der Waals surface area contributed by atoms with Crippen molar-refractivity contribution in [2.45, 2.75) is 20.3 Å². The molecule has 0 spiro atoms. The van der Waals surface area contributed by atoms with Crippen LogP contribution in [0.25, 0.3) is 0 Å². The number of aryl methyl sites for hydroxylation is 1. The van der Waals surface area contributed by atoms with Gasteiger partial charge in [-0.1, -0.05) is 12.1 Å². The first-order chi connectivity index (χ1) is 12.0. The van der Waals surface area contributed by atoms with Crippen LogP contribution in [0.15, 0.2) is 39.8 Å². The molecule has 0 aliphatic heterocycles. The second kappa shape index (κ2) is 9.42. The van der Waals surface area contributed by atoms with Gasteiger partial charge in [-0.25, -0.2) is 9.98 Å². The van der Waals surface area contributed by atoms with Crippen molar-refractivity contribution >= 4 is 28.0 Å². The highest BCUT2D eigenvalue weighted by molar-refractivity contribution is 9.10. The fourth-order valence-electron chi connectivity index (χ4n) is 2.08. The van der Waals surface area contributed by atoms with Crippen LogP contribution in [0.5, 0.6) is 11.6 Å². The van der Waals surface area contributed by atoms with Crippen molar-refractivity contribution in [2.75, 3.05) is 27.3 Å². The predicted octanol–water partition coefficient (Wildman–Crippen LogP) is 4.39. The Morgan fingerprint density at radius 3 is 2.64 bits per heavy atom. The van der Waals surface area contributed by atoms with Crippen molar-refractivity contribution in [3.63, 3.8) is 0 Å². The minimum Gasteiger partial charge on any atom is -0.497 e. The van der Waals surface area contributed by atoms with E-state index in [0.717, 1.165) is 34.6 Å². The van der Waals surface area contributed by atoms with Crippen LogP contribution < -0.4 is 9.47 Å². The van der Waals surface area contributed by atoms with Crippen LogP contribution in [-0.4, -0.2) is 43.5 Å². The van der Waals surface area contributed by atoms with Gasteiger partial charge in [-0.2, -0.15) is 0 Å². The SMILES string of the molecule is CCN(C)C=Nc1cc(Br)c(OCCc2ccc(OC)cc2)nc1C. The van der Waals surface area contributed by atoms with Crippen LogP contribution in [0, 0.1) is 6.92 Å². The molecular formula is C19H24BrN3O2. The topological polar surface area (TPSA) is 47.0 Å². The lowest BCUT2D eigenvalue weighted by Gasteiger charge is -2.11. The summed E-state index contributed by atoms with van der Waals surface area (Å²) < 4.78 is 11.8. The fourth-order valence-corrected chi connectivity index (χ4v) is 2.50. The Labute approximate surface area is 157 Å². The normalized spacial score (nSPS) is 10.9. The van der Waals surface area contributed by atoms with E-state index in [1.807, 2.05) is 49.2 Å². The first kappa shape index (κ1) is 19.2. The van der Waals surface area contributed by atoms with Crippen molar-refractivity contribution in [1.29, 1.82) is 0 Å². The largest absolute Gasteiger partial charge is 0.497 e. The summed E-state index contributed by atoms with van der Waals surface area (Å²) in [5.41, 5.74) is 2.86. The highest BCUT2D eigenvalue weighted by atomic mass is 79.9. The molecule has 5 nitrogen and oxygen atoms in total. The van der Waals surface area contributed by atoms with Gasteiger partial charge in [0.2, 0.25) is 5.88 Å². The zero-order valence-electron chi connectivity index (χ0n) is 15.1. The molecule has 0 radical (unpaired) electrons. The average molecular weight is 406 g/mol. The Bertz CT molecular complexity index is 717. The molecule has 0 unspecified atom stereocenters. The van der Waals surface area contributed by atoms with Crippen molar-refractivity contribution in [1.82, 2.24) is 9.88 Å². The minimum absolute atomic E-state index is 0.554. The molecule has 1 aromatic heterocycles. The van der Waals surface area contributed by atoms with Crippen LogP contribution in [-0.2, 0) is 6.42 Å². The van der Waals surface area contributed by atoms with Gasteiger partial charge in [0.05, 0.1) is 35.9 Å². The van der Waals surface area contributed by atoms with Gasteiger partial charge in [-0.05, 0) is 53.5 Å². The highest BCUT2D eigenvalue weighted by Gasteiger charge is 2.08. The van der Waals surface area contributed by atoms with Gasteiger partial charge in [-0.3, -0.25) is 0 Å². The second-order valence-corrected chi connectivity index (χ2v) is 6.50. The van der Waals surface area contributed by atoms with E-state index in [-0.39, 0.29) is 0 Å². The molecule has 1 aromatic carbocycles. The number of hydrogen-bond acceptors (Lipinski definition) is 4. The summed E-state index contributed by atoms with van der Waals surface area (Å²) in [5, 5.41) is 0. The van der Waals surface area contributed by atoms with E-state index >= 15 is 0 Å². The van der Waals surface area contributed by atoms with Crippen molar-refractivity contribution in [3.05, 3.63) is 46.1 Å². The first-order valence-electron chi connectivity index (χ1n) is 8.20. The third-order valence-electron chi connectivity index (χ3n) is 3.79. The summed E-state index contributed by atoms with van der Waals surface area (Å²) in [4.78, 5) is 11.0. The molecule has 0 saturated heterocycles. The van der Waals surface area contributed by atoms with Crippen LogP contribution in [0.1, 0.15) is 18.2 Å². The molecule has 0 amide bonds. The number of pyridine rings is 1. The summed E-state index contributed by atoms with van der Waals surface area (Å²) in [6.07, 6.45) is 2.61. The molecule has 0 N–H and O–H groups in total. The zero-order valence-corrected chi connectivity index (χ0v) is 16.7. The predicted molar refractivity (Wildman–Crippen MR) is 105 cm³/mol. The summed E-state index contributed by atoms with van der Waals surface area (Å²) >= 11 is 3.52. The molecule has 0 aliphatic rings. The second-order valence-electron chi connectivity index (χ2n) is 5.64. The van der Waals surface area contributed by atoms with E-state index in [0.29, 0.717) is 12.5 Å². The molecule has 2 aromatic rings. The first-order valence-corrected chi connectivity index (χ1v) is 9.00. The minimum atomic E-state index is 0.554. The summed E-state index contributed by atoms with van der Waals surface area (Å²) in [6.45, 7) is 5.47. The lowest BCUT2D eigenvalue weighted by molar-refractivity contribution is 0.307. The molecule has 0 saturated carbocycles. The number of halogens is 1. The van der Waals surface area contributed by atoms with Crippen molar-refractivity contribution < 1.29 is 9.47 Å². The third kappa shape index (κ3) is 5.74. The third-order valence-corrected chi connectivity index (χ3v) is 4.36. The molecule has 0 fully saturated rings. The highest BCUT2D eigenvalue weighted by Crippen LogP contribution is 2.29. The molecule has 6 heteroatoms. The average Bonchev–Trinajstić information content (AvgIpc) is 2.63. The fraction of sp³-hybridized carbons (Fsp3) is 0.368. The van der Waals surface area contributed by atoms with Gasteiger partial charge < -0.3 is 14.4 Å². The van der Waals surface area contributed by atoms with Gasteiger partial charge in [0, 0.05) is 20.0 Å². The van der Waals surface area contributed by atoms with Gasteiger partial charge in [0.25, 0.3) is 0 Å². The number of ether oxygens (including phenoxy) is 2. The van der Waals surface area contributed by atoms with Gasteiger partial charge in [0.1, 0.15) is 5.75 Å². The van der Waals surface area contributed by atoms with Crippen LogP contribution in [0.4, 0.5) is 5.69 Å². The number of benzene rings is 1. The summed E-state index contributed by atoms with van der Waals surface area (Å²) in [7, 11) is 3.65. The number of aliphatic imine (C=N–C) groups is 1. The number of hydrogen-bond donors (Lipinski definition) is 0. The molecule has 0 atom stereocenters. The molecule has 134 valence electrons. The molecular weight excluding hydrogens is 382 g/mol. The van der Waals surface area contributed by atoms with E-state index in [4.69, 9.17) is 9.47 Å². The summed E-state index contributed by atoms with van der Waals surface area (Å²) in [6, 6.07) is 9.92. The number of aromatic nitrogens is 1. The Morgan fingerprint density at radius 2 is 2.00 bits per heavy atom. The Hall–Kier alpha value is -2.08. The maximum absolute atomic E-state index is 5.83. The number of methoxy groups -OCH3 is 1. The van der Waals surface area contributed by atoms with Gasteiger partial charge in [0.15, 0.2) is 0 Å². The monoisotopic (exact) mass is 405 g/mol. The Balaban J connectivity index is 1.97. The zero-order chi connectivity index (χ0) is 18.2. The lowest BCUT2D eigenvalue weighted by Crippen LogP contribution is -2.14. The van der Waals surface area contributed by atoms with Crippen molar-refractivity contribution in [3.8, 4) is 11.6 Å². The van der Waals surface area contributed by atoms with Crippen LogP contribution in [0.3, 0.4) is 0 Å². The summed E-state index contributed by atoms with van der Waals surface area (Å²) in [5.74, 6) is 1.45. The van der Waals surface area contributed by atoms with E-state index < -0.39 is 0 Å². The Kier molecular flexibility index (Phi) is 7.25. The quantitative estimate of drug-likeness (QED) is 0.482. The number of nitrogens with zero attached hydrogens (tertiary/aromatic N) is 3. The van der Waals surface area contributed by atoms with E-state index in [2.05, 4.69) is 32.8 Å². The van der Waals surface area contributed by atoms with E-state index in [1.54, 1.807) is 13.4 Å². The number of rotatable bonds is 8. The van der Waals surface area contributed by atoms with Gasteiger partial charge in [-0.15, -0.1) is 0 Å². The molecule has 0 aliphatic carbocycles. The van der Waals surface area contributed by atoms with E-state index in [1.165, 1.54) is 5.56 Å². The maximum atomic E-state index is 5.83. The molecule has 1 heterocycles. The van der Waals surface area contributed by atoms with E-state index in [9.17, 15) is 0 Å². The molecule has 2 rings (SSSR count). The lowest BCUT2D eigenvalue weighted by atomic mass is 10.1. The van der Waals surface area contributed by atoms with Crippen LogP contribution >= 0.6 is 15.9 Å².